The zero-order chi connectivity index (χ0) is 11.3. The third-order valence-corrected chi connectivity index (χ3v) is 2.62. The van der Waals surface area contributed by atoms with Crippen molar-refractivity contribution in [3.63, 3.8) is 0 Å². The zero-order valence-corrected chi connectivity index (χ0v) is 9.94. The molecule has 0 fully saturated rings. The van der Waals surface area contributed by atoms with Gasteiger partial charge in [0.25, 0.3) is 0 Å². The summed E-state index contributed by atoms with van der Waals surface area (Å²) in [6.45, 7) is 1.55. The molecule has 0 aromatic heterocycles. The largest absolute Gasteiger partial charge is 0.399 e. The van der Waals surface area contributed by atoms with Crippen LogP contribution >= 0.6 is 23.4 Å². The lowest BCUT2D eigenvalue weighted by Crippen LogP contribution is -1.85. The lowest BCUT2D eigenvalue weighted by molar-refractivity contribution is -0.109. The molecule has 0 bridgehead atoms. The fourth-order valence-corrected chi connectivity index (χ4v) is 1.76. The summed E-state index contributed by atoms with van der Waals surface area (Å²) in [5, 5.41) is 0.735. The monoisotopic (exact) mass is 241 g/mol. The van der Waals surface area contributed by atoms with E-state index in [1.807, 2.05) is 24.3 Å². The van der Waals surface area contributed by atoms with Crippen molar-refractivity contribution in [3.05, 3.63) is 34.9 Å². The Hall–Kier alpha value is -0.930. The second-order valence-corrected chi connectivity index (χ2v) is 4.66. The van der Waals surface area contributed by atoms with Gasteiger partial charge in [-0.2, -0.15) is 0 Å². The van der Waals surface area contributed by atoms with Crippen LogP contribution in [0.3, 0.4) is 0 Å². The second-order valence-electron chi connectivity index (χ2n) is 3.02. The van der Waals surface area contributed by atoms with Gasteiger partial charge >= 0.3 is 0 Å². The van der Waals surface area contributed by atoms with Gasteiger partial charge in [0.1, 0.15) is 0 Å². The normalized spacial score (nSPS) is 10.8. The average molecular weight is 242 g/mol. The molecule has 0 aliphatic heterocycles. The fourth-order valence-electron chi connectivity index (χ4n) is 1.08. The van der Waals surface area contributed by atoms with Crippen LogP contribution in [0.25, 0.3) is 6.08 Å². The summed E-state index contributed by atoms with van der Waals surface area (Å²) < 4.78 is 0. The van der Waals surface area contributed by atoms with Crippen molar-refractivity contribution in [2.75, 3.05) is 11.5 Å². The molecule has 0 unspecified atom stereocenters. The maximum atomic E-state index is 10.7. The summed E-state index contributed by atoms with van der Waals surface area (Å²) in [5.41, 5.74) is 7.22. The highest BCUT2D eigenvalue weighted by Gasteiger charge is 1.94. The average Bonchev–Trinajstić information content (AvgIpc) is 2.10. The van der Waals surface area contributed by atoms with E-state index in [0.29, 0.717) is 16.5 Å². The Morgan fingerprint density at radius 1 is 1.53 bits per heavy atom. The van der Waals surface area contributed by atoms with Gasteiger partial charge in [-0.3, -0.25) is 4.79 Å². The van der Waals surface area contributed by atoms with E-state index in [1.54, 1.807) is 13.0 Å². The highest BCUT2D eigenvalue weighted by atomic mass is 35.5. The standard InChI is InChI=1S/C11H12ClNOS/c1-8(14)15-4-2-3-9-5-10(12)7-11(13)6-9/h2-3,5-7H,4,13H2,1H3. The number of carbonyl (C=O) groups is 1. The Labute approximate surface area is 98.5 Å². The van der Waals surface area contributed by atoms with Gasteiger partial charge in [-0.1, -0.05) is 35.5 Å². The maximum Gasteiger partial charge on any atom is 0.186 e. The summed E-state index contributed by atoms with van der Waals surface area (Å²) in [6.07, 6.45) is 3.81. The SMILES string of the molecule is CC(=O)SCC=Cc1cc(N)cc(Cl)c1. The molecule has 0 spiro atoms. The van der Waals surface area contributed by atoms with Crippen molar-refractivity contribution in [2.24, 2.45) is 0 Å². The predicted octanol–water partition coefficient (Wildman–Crippen LogP) is 3.22. The van der Waals surface area contributed by atoms with E-state index in [1.165, 1.54) is 11.8 Å². The highest BCUT2D eigenvalue weighted by Crippen LogP contribution is 2.17. The Kier molecular flexibility index (Phi) is 4.72. The number of hydrogen-bond acceptors (Lipinski definition) is 3. The third-order valence-electron chi connectivity index (χ3n) is 1.64. The number of halogens is 1. The molecular formula is C11H12ClNOS. The first-order chi connectivity index (χ1) is 7.08. The first-order valence-corrected chi connectivity index (χ1v) is 5.80. The molecule has 15 heavy (non-hydrogen) atoms. The fraction of sp³-hybridized carbons (Fsp3) is 0.182. The molecular weight excluding hydrogens is 230 g/mol. The summed E-state index contributed by atoms with van der Waals surface area (Å²) in [6, 6.07) is 5.36. The van der Waals surface area contributed by atoms with Crippen LogP contribution in [0.4, 0.5) is 5.69 Å². The number of nitrogen functional groups attached to an aromatic ring is 1. The van der Waals surface area contributed by atoms with Crippen molar-refractivity contribution < 1.29 is 4.79 Å². The summed E-state index contributed by atoms with van der Waals surface area (Å²) in [5.74, 6) is 0.668. The third kappa shape index (κ3) is 4.91. The molecule has 1 aromatic carbocycles. The Balaban J connectivity index is 2.60. The second kappa shape index (κ2) is 5.83. The Bertz CT molecular complexity index is 370. The van der Waals surface area contributed by atoms with Crippen LogP contribution in [0.2, 0.25) is 5.02 Å². The van der Waals surface area contributed by atoms with E-state index in [9.17, 15) is 4.79 Å². The molecule has 0 aliphatic rings. The molecule has 80 valence electrons. The predicted molar refractivity (Wildman–Crippen MR) is 68.0 cm³/mol. The van der Waals surface area contributed by atoms with E-state index >= 15 is 0 Å². The summed E-state index contributed by atoms with van der Waals surface area (Å²) >= 11 is 7.11. The van der Waals surface area contributed by atoms with Gasteiger partial charge < -0.3 is 5.73 Å². The van der Waals surface area contributed by atoms with Gasteiger partial charge in [-0.25, -0.2) is 0 Å². The van der Waals surface area contributed by atoms with Crippen molar-refractivity contribution in [1.82, 2.24) is 0 Å². The minimum absolute atomic E-state index is 0.116. The van der Waals surface area contributed by atoms with E-state index in [-0.39, 0.29) is 5.12 Å². The minimum Gasteiger partial charge on any atom is -0.399 e. The first kappa shape index (κ1) is 12.1. The van der Waals surface area contributed by atoms with Crippen LogP contribution in [0.5, 0.6) is 0 Å². The van der Waals surface area contributed by atoms with Gasteiger partial charge in [0, 0.05) is 23.4 Å². The first-order valence-electron chi connectivity index (χ1n) is 4.44. The van der Waals surface area contributed by atoms with Gasteiger partial charge in [-0.15, -0.1) is 0 Å². The molecule has 0 aliphatic carbocycles. The lowest BCUT2D eigenvalue weighted by Gasteiger charge is -1.98. The molecule has 0 amide bonds. The van der Waals surface area contributed by atoms with Crippen molar-refractivity contribution in [1.29, 1.82) is 0 Å². The van der Waals surface area contributed by atoms with E-state index in [4.69, 9.17) is 17.3 Å². The molecule has 0 saturated heterocycles. The molecule has 0 radical (unpaired) electrons. The van der Waals surface area contributed by atoms with Gasteiger partial charge in [0.2, 0.25) is 0 Å². The number of rotatable bonds is 3. The molecule has 0 heterocycles. The number of nitrogens with two attached hydrogens (primary N) is 1. The van der Waals surface area contributed by atoms with Crippen LogP contribution in [-0.2, 0) is 4.79 Å². The van der Waals surface area contributed by atoms with Crippen molar-refractivity contribution >= 4 is 40.2 Å². The Morgan fingerprint density at radius 3 is 2.87 bits per heavy atom. The van der Waals surface area contributed by atoms with Crippen LogP contribution in [-0.4, -0.2) is 10.9 Å². The number of hydrogen-bond donors (Lipinski definition) is 1. The zero-order valence-electron chi connectivity index (χ0n) is 8.37. The number of anilines is 1. The van der Waals surface area contributed by atoms with Crippen molar-refractivity contribution in [2.45, 2.75) is 6.92 Å². The molecule has 4 heteroatoms. The van der Waals surface area contributed by atoms with Crippen LogP contribution in [0.1, 0.15) is 12.5 Å². The minimum atomic E-state index is 0.116. The Morgan fingerprint density at radius 2 is 2.27 bits per heavy atom. The summed E-state index contributed by atoms with van der Waals surface area (Å²) in [7, 11) is 0. The highest BCUT2D eigenvalue weighted by molar-refractivity contribution is 8.13. The van der Waals surface area contributed by atoms with Gasteiger partial charge in [0.05, 0.1) is 0 Å². The van der Waals surface area contributed by atoms with E-state index < -0.39 is 0 Å². The molecule has 0 saturated carbocycles. The molecule has 1 rings (SSSR count). The molecule has 2 N–H and O–H groups in total. The number of carbonyl (C=O) groups excluding carboxylic acids is 1. The van der Waals surface area contributed by atoms with Gasteiger partial charge in [-0.05, 0) is 23.8 Å². The van der Waals surface area contributed by atoms with Crippen LogP contribution in [0.15, 0.2) is 24.3 Å². The lowest BCUT2D eigenvalue weighted by atomic mass is 10.2. The number of benzene rings is 1. The summed E-state index contributed by atoms with van der Waals surface area (Å²) in [4.78, 5) is 10.7. The number of thioether (sulfide) groups is 1. The van der Waals surface area contributed by atoms with E-state index in [0.717, 1.165) is 5.56 Å². The maximum absolute atomic E-state index is 10.7. The quantitative estimate of drug-likeness (QED) is 0.827. The smallest absolute Gasteiger partial charge is 0.186 e. The van der Waals surface area contributed by atoms with Crippen molar-refractivity contribution in [3.8, 4) is 0 Å². The topological polar surface area (TPSA) is 43.1 Å². The van der Waals surface area contributed by atoms with Crippen LogP contribution < -0.4 is 5.73 Å². The molecule has 1 aromatic rings. The van der Waals surface area contributed by atoms with Gasteiger partial charge in [0.15, 0.2) is 5.12 Å². The van der Waals surface area contributed by atoms with Crippen LogP contribution in [0, 0.1) is 0 Å². The molecule has 2 nitrogen and oxygen atoms in total. The van der Waals surface area contributed by atoms with E-state index in [2.05, 4.69) is 0 Å². The molecule has 0 atom stereocenters.